The first-order chi connectivity index (χ1) is 21.4. The summed E-state index contributed by atoms with van der Waals surface area (Å²) in [4.78, 5) is 59.7. The molecule has 1 amide bonds. The van der Waals surface area contributed by atoms with Gasteiger partial charge < -0.3 is 35.5 Å². The molecule has 1 rings (SSSR count). The maximum Gasteiger partial charge on any atom is 0.359 e. The molecule has 0 heterocycles. The van der Waals surface area contributed by atoms with Crippen molar-refractivity contribution in [2.45, 2.75) is 77.6 Å². The molecule has 0 aromatic heterocycles. The summed E-state index contributed by atoms with van der Waals surface area (Å²) in [5, 5.41) is 42.6. The van der Waals surface area contributed by atoms with Crippen molar-refractivity contribution in [3.8, 4) is 0 Å². The summed E-state index contributed by atoms with van der Waals surface area (Å²) in [5.41, 5.74) is 1.73. The van der Waals surface area contributed by atoms with Gasteiger partial charge in [-0.25, -0.2) is 9.59 Å². The topological polar surface area (TPSA) is 194 Å². The number of carboxylic acid groups (broad SMARTS) is 4. The molecule has 0 aliphatic rings. The lowest BCUT2D eigenvalue weighted by atomic mass is 10.0. The molecule has 0 atom stereocenters. The fraction of sp³-hybridized carbons (Fsp3) is 0.656. The molecule has 0 saturated carbocycles. The molecule has 45 heavy (non-hydrogen) atoms. The molecule has 0 aliphatic heterocycles. The number of carbonyl (C=O) groups is 5. The third kappa shape index (κ3) is 20.2. The predicted molar refractivity (Wildman–Crippen MR) is 170 cm³/mol. The Hall–Kier alpha value is -3.55. The number of aliphatic carboxylic acids is 4. The van der Waals surface area contributed by atoms with Gasteiger partial charge in [0.15, 0.2) is 13.1 Å². The van der Waals surface area contributed by atoms with Crippen molar-refractivity contribution in [2.24, 2.45) is 0 Å². The fourth-order valence-corrected chi connectivity index (χ4v) is 5.30. The number of nitrogens with zero attached hydrogens (tertiary/aromatic N) is 2. The second-order valence-electron chi connectivity index (χ2n) is 11.7. The van der Waals surface area contributed by atoms with Gasteiger partial charge in [0.1, 0.15) is 0 Å². The van der Waals surface area contributed by atoms with Gasteiger partial charge in [-0.2, -0.15) is 0 Å². The minimum absolute atomic E-state index is 0.0234. The summed E-state index contributed by atoms with van der Waals surface area (Å²) in [6.07, 6.45) is 13.7. The highest BCUT2D eigenvalue weighted by atomic mass is 16.4. The lowest BCUT2D eigenvalue weighted by molar-refractivity contribution is -0.912. The highest BCUT2D eigenvalue weighted by molar-refractivity contribution is 5.92. The third-order valence-electron chi connectivity index (χ3n) is 7.65. The van der Waals surface area contributed by atoms with Crippen molar-refractivity contribution in [2.75, 3.05) is 64.2 Å². The minimum atomic E-state index is -1.26. The van der Waals surface area contributed by atoms with Crippen LogP contribution in [-0.2, 0) is 30.4 Å². The summed E-state index contributed by atoms with van der Waals surface area (Å²) in [6, 6.07) is 7.52. The molecule has 0 aliphatic carbocycles. The molecule has 6 N–H and O–H groups in total. The summed E-state index contributed by atoms with van der Waals surface area (Å²) in [7, 11) is 0. The Balaban J connectivity index is 2.65. The predicted octanol–water partition coefficient (Wildman–Crippen LogP) is 3.14. The first-order valence-electron chi connectivity index (χ1n) is 16.0. The van der Waals surface area contributed by atoms with Gasteiger partial charge in [0.2, 0.25) is 5.91 Å². The van der Waals surface area contributed by atoms with E-state index in [1.54, 1.807) is 12.1 Å². The molecule has 0 bridgehead atoms. The highest BCUT2D eigenvalue weighted by Gasteiger charge is 2.34. The van der Waals surface area contributed by atoms with Crippen LogP contribution in [0, 0.1) is 0 Å². The quantitative estimate of drug-likeness (QED) is 0.0584. The summed E-state index contributed by atoms with van der Waals surface area (Å²) < 4.78 is -0.463. The molecule has 0 radical (unpaired) electrons. The van der Waals surface area contributed by atoms with Crippen LogP contribution in [0.1, 0.15) is 76.7 Å². The number of carbonyl (C=O) groups excluding carboxylic acids is 1. The molecule has 0 unspecified atom stereocenters. The molecule has 1 aromatic rings. The van der Waals surface area contributed by atoms with Crippen LogP contribution in [0.2, 0.25) is 0 Å². The zero-order valence-corrected chi connectivity index (χ0v) is 26.7. The van der Waals surface area contributed by atoms with E-state index in [0.29, 0.717) is 5.69 Å². The molecule has 0 saturated heterocycles. The smallest absolute Gasteiger partial charge is 0.359 e. The van der Waals surface area contributed by atoms with Crippen molar-refractivity contribution in [3.05, 3.63) is 29.8 Å². The van der Waals surface area contributed by atoms with Gasteiger partial charge in [0.25, 0.3) is 0 Å². The Morgan fingerprint density at radius 1 is 0.689 bits per heavy atom. The molecule has 254 valence electrons. The standard InChI is InChI=1S/C32H52N4O9/c1-2-3-4-5-6-7-8-9-10-11-12-26-13-15-27(16-14-26)34-28(37)22-35(23-30(40)41)18-20-36(24-31(42)43,25-32(44)45)19-17-33-21-29(38)39/h13-16,33H,2-12,17-25H2,1H3,(H4-,34,37,38,39,40,41,42,43,44,45)/p+1. The van der Waals surface area contributed by atoms with Gasteiger partial charge in [-0.1, -0.05) is 76.8 Å². The average Bonchev–Trinajstić information content (AvgIpc) is 2.95. The van der Waals surface area contributed by atoms with Crippen LogP contribution in [0.15, 0.2) is 24.3 Å². The van der Waals surface area contributed by atoms with Crippen molar-refractivity contribution < 1.29 is 48.9 Å². The van der Waals surface area contributed by atoms with Gasteiger partial charge in [-0.05, 0) is 30.5 Å². The van der Waals surface area contributed by atoms with Crippen molar-refractivity contribution in [1.82, 2.24) is 10.2 Å². The van der Waals surface area contributed by atoms with Crippen LogP contribution in [0.3, 0.4) is 0 Å². The van der Waals surface area contributed by atoms with Crippen LogP contribution in [0.25, 0.3) is 0 Å². The van der Waals surface area contributed by atoms with Crippen molar-refractivity contribution >= 4 is 35.5 Å². The number of anilines is 1. The highest BCUT2D eigenvalue weighted by Crippen LogP contribution is 2.15. The Morgan fingerprint density at radius 2 is 1.24 bits per heavy atom. The zero-order chi connectivity index (χ0) is 33.5. The number of unbranched alkanes of at least 4 members (excludes halogenated alkanes) is 9. The lowest BCUT2D eigenvalue weighted by Gasteiger charge is -2.37. The number of nitrogens with one attached hydrogen (secondary N) is 2. The van der Waals surface area contributed by atoms with E-state index in [2.05, 4.69) is 17.6 Å². The average molecular weight is 638 g/mol. The number of hydrogen-bond acceptors (Lipinski definition) is 7. The first-order valence-corrected chi connectivity index (χ1v) is 16.0. The molecule has 1 aromatic carbocycles. The van der Waals surface area contributed by atoms with Gasteiger partial charge in [0.05, 0.1) is 32.7 Å². The van der Waals surface area contributed by atoms with E-state index in [-0.39, 0.29) is 39.3 Å². The second kappa shape index (κ2) is 22.9. The number of benzene rings is 1. The van der Waals surface area contributed by atoms with Gasteiger partial charge in [-0.3, -0.25) is 19.3 Å². The van der Waals surface area contributed by atoms with E-state index in [1.165, 1.54) is 68.3 Å². The number of hydrogen-bond donors (Lipinski definition) is 6. The van der Waals surface area contributed by atoms with Crippen LogP contribution >= 0.6 is 0 Å². The molecule has 0 spiro atoms. The summed E-state index contributed by atoms with van der Waals surface area (Å²) in [5.74, 6) is -5.29. The van der Waals surface area contributed by atoms with Gasteiger partial charge in [-0.15, -0.1) is 0 Å². The molecule has 13 heteroatoms. The third-order valence-corrected chi connectivity index (χ3v) is 7.65. The SMILES string of the molecule is CCCCCCCCCCCCc1ccc(NC(=O)CN(CC[N+](CCNCC(=O)O)(CC(=O)O)CC(=O)O)CC(=O)O)cc1. The normalized spacial score (nSPS) is 11.4. The first kappa shape index (κ1) is 39.5. The summed E-state index contributed by atoms with van der Waals surface area (Å²) in [6.45, 7) is -0.256. The van der Waals surface area contributed by atoms with E-state index in [0.717, 1.165) is 12.8 Å². The Kier molecular flexibility index (Phi) is 20.1. The van der Waals surface area contributed by atoms with E-state index in [9.17, 15) is 39.3 Å². The maximum absolute atomic E-state index is 12.8. The number of amides is 1. The van der Waals surface area contributed by atoms with Crippen LogP contribution in [-0.4, -0.2) is 118 Å². The van der Waals surface area contributed by atoms with Crippen LogP contribution in [0.4, 0.5) is 5.69 Å². The molecular weight excluding hydrogens is 584 g/mol. The molecular formula is C32H53N4O9+. The van der Waals surface area contributed by atoms with Gasteiger partial charge in [0, 0.05) is 18.8 Å². The minimum Gasteiger partial charge on any atom is -0.480 e. The Bertz CT molecular complexity index is 1030. The monoisotopic (exact) mass is 637 g/mol. The van der Waals surface area contributed by atoms with Crippen LogP contribution < -0.4 is 10.6 Å². The largest absolute Gasteiger partial charge is 0.480 e. The number of rotatable bonds is 28. The zero-order valence-electron chi connectivity index (χ0n) is 26.7. The number of quaternary nitrogens is 1. The van der Waals surface area contributed by atoms with Crippen molar-refractivity contribution in [1.29, 1.82) is 0 Å². The van der Waals surface area contributed by atoms with Crippen LogP contribution in [0.5, 0.6) is 0 Å². The fourth-order valence-electron chi connectivity index (χ4n) is 5.30. The number of carboxylic acids is 4. The van der Waals surface area contributed by atoms with E-state index >= 15 is 0 Å². The second-order valence-corrected chi connectivity index (χ2v) is 11.7. The van der Waals surface area contributed by atoms with Crippen molar-refractivity contribution in [3.63, 3.8) is 0 Å². The van der Waals surface area contributed by atoms with E-state index in [4.69, 9.17) is 5.11 Å². The Labute approximate surface area is 266 Å². The summed E-state index contributed by atoms with van der Waals surface area (Å²) >= 11 is 0. The van der Waals surface area contributed by atoms with E-state index < -0.39 is 53.9 Å². The number of aryl methyl sites for hydroxylation is 1. The Morgan fingerprint density at radius 3 is 1.76 bits per heavy atom. The molecule has 0 fully saturated rings. The van der Waals surface area contributed by atoms with Gasteiger partial charge >= 0.3 is 23.9 Å². The maximum atomic E-state index is 12.8. The molecule has 13 nitrogen and oxygen atoms in total. The van der Waals surface area contributed by atoms with E-state index in [1.807, 2.05) is 12.1 Å². The lowest BCUT2D eigenvalue weighted by Crippen LogP contribution is -2.59.